The quantitative estimate of drug-likeness (QED) is 0.363. The van der Waals surface area contributed by atoms with Crippen molar-refractivity contribution in [2.45, 2.75) is 45.1 Å². The number of carbonyl (C=O) groups is 1. The summed E-state index contributed by atoms with van der Waals surface area (Å²) in [6.07, 6.45) is 1.49. The van der Waals surface area contributed by atoms with Crippen LogP contribution in [-0.4, -0.2) is 25.2 Å². The highest BCUT2D eigenvalue weighted by Crippen LogP contribution is 2.26. The Labute approximate surface area is 211 Å². The van der Waals surface area contributed by atoms with Gasteiger partial charge in [0.15, 0.2) is 0 Å². The molecular formula is C26H28Cl2N2O3S. The number of halogens is 2. The van der Waals surface area contributed by atoms with Crippen LogP contribution < -0.4 is 5.32 Å². The minimum absolute atomic E-state index is 0.0737. The summed E-state index contributed by atoms with van der Waals surface area (Å²) in [6.45, 7) is 5.47. The summed E-state index contributed by atoms with van der Waals surface area (Å²) in [5.41, 5.74) is 4.24. The molecule has 0 aromatic heterocycles. The number of nitrogens with one attached hydrogen (secondary N) is 1. The molecule has 3 aromatic rings. The first kappa shape index (κ1) is 26.2. The Balaban J connectivity index is 1.95. The molecule has 0 aliphatic carbocycles. The van der Waals surface area contributed by atoms with Crippen LogP contribution in [-0.2, 0) is 34.2 Å². The minimum atomic E-state index is -3.98. The third-order valence-electron chi connectivity index (χ3n) is 5.60. The van der Waals surface area contributed by atoms with E-state index in [4.69, 9.17) is 23.2 Å². The molecule has 0 aliphatic rings. The van der Waals surface area contributed by atoms with E-state index in [1.165, 1.54) is 0 Å². The number of anilines is 1. The van der Waals surface area contributed by atoms with Gasteiger partial charge in [0, 0.05) is 22.3 Å². The summed E-state index contributed by atoms with van der Waals surface area (Å²) in [6, 6.07) is 17.3. The van der Waals surface area contributed by atoms with E-state index in [0.29, 0.717) is 15.6 Å². The Morgan fingerprint density at radius 3 is 2.09 bits per heavy atom. The number of hydrogen-bond acceptors (Lipinski definition) is 3. The highest BCUT2D eigenvalue weighted by atomic mass is 35.5. The van der Waals surface area contributed by atoms with Crippen molar-refractivity contribution >= 4 is 44.8 Å². The molecule has 3 aromatic carbocycles. The number of amides is 1. The van der Waals surface area contributed by atoms with E-state index in [1.807, 2.05) is 39.0 Å². The third kappa shape index (κ3) is 6.19. The standard InChI is InChI=1S/C26H28Cl2N2O3S/c1-4-19-7-6-8-20(5-2)26(19)29-25(31)17-30(16-21-11-12-22(27)15-24(21)28)34(32,33)23-13-9-18(3)10-14-23/h6-15H,4-5,16-17H2,1-3H3,(H,29,31). The largest absolute Gasteiger partial charge is 0.324 e. The molecule has 1 N–H and O–H groups in total. The molecule has 3 rings (SSSR count). The molecule has 0 saturated heterocycles. The smallest absolute Gasteiger partial charge is 0.243 e. The molecule has 0 spiro atoms. The lowest BCUT2D eigenvalue weighted by Gasteiger charge is -2.23. The molecule has 8 heteroatoms. The normalized spacial score (nSPS) is 11.6. The van der Waals surface area contributed by atoms with Gasteiger partial charge in [0.25, 0.3) is 0 Å². The highest BCUT2D eigenvalue weighted by molar-refractivity contribution is 7.89. The summed E-state index contributed by atoms with van der Waals surface area (Å²) >= 11 is 12.3. The molecule has 1 amide bonds. The summed E-state index contributed by atoms with van der Waals surface area (Å²) in [7, 11) is -3.98. The van der Waals surface area contributed by atoms with Crippen LogP contribution in [0.25, 0.3) is 0 Å². The van der Waals surface area contributed by atoms with Crippen molar-refractivity contribution in [2.75, 3.05) is 11.9 Å². The van der Waals surface area contributed by atoms with E-state index < -0.39 is 15.9 Å². The Hall–Kier alpha value is -2.38. The maximum atomic E-state index is 13.5. The Bertz CT molecular complexity index is 1250. The fraction of sp³-hybridized carbons (Fsp3) is 0.269. The number of rotatable bonds is 9. The van der Waals surface area contributed by atoms with Gasteiger partial charge in [0.05, 0.1) is 11.4 Å². The summed E-state index contributed by atoms with van der Waals surface area (Å²) in [5, 5.41) is 3.74. The molecule has 34 heavy (non-hydrogen) atoms. The second kappa shape index (κ2) is 11.4. The average molecular weight is 519 g/mol. The van der Waals surface area contributed by atoms with E-state index in [-0.39, 0.29) is 18.0 Å². The van der Waals surface area contributed by atoms with Crippen molar-refractivity contribution in [2.24, 2.45) is 0 Å². The van der Waals surface area contributed by atoms with Gasteiger partial charge in [0.2, 0.25) is 15.9 Å². The predicted octanol–water partition coefficient (Wildman–Crippen LogP) is 6.26. The van der Waals surface area contributed by atoms with Gasteiger partial charge in [-0.25, -0.2) is 8.42 Å². The summed E-state index contributed by atoms with van der Waals surface area (Å²) < 4.78 is 28.2. The zero-order chi connectivity index (χ0) is 24.9. The molecule has 0 bridgehead atoms. The van der Waals surface area contributed by atoms with E-state index in [0.717, 1.165) is 39.5 Å². The van der Waals surface area contributed by atoms with Crippen LogP contribution in [0.1, 0.15) is 36.1 Å². The van der Waals surface area contributed by atoms with Gasteiger partial charge in [-0.3, -0.25) is 4.79 Å². The Kier molecular flexibility index (Phi) is 8.77. The lowest BCUT2D eigenvalue weighted by Crippen LogP contribution is -2.38. The van der Waals surface area contributed by atoms with Crippen molar-refractivity contribution in [1.82, 2.24) is 4.31 Å². The number of hydrogen-bond donors (Lipinski definition) is 1. The van der Waals surface area contributed by atoms with Crippen molar-refractivity contribution in [3.05, 3.63) is 93.0 Å². The fourth-order valence-corrected chi connectivity index (χ4v) is 5.51. The lowest BCUT2D eigenvalue weighted by molar-refractivity contribution is -0.116. The highest BCUT2D eigenvalue weighted by Gasteiger charge is 2.28. The number of aryl methyl sites for hydroxylation is 3. The lowest BCUT2D eigenvalue weighted by atomic mass is 10.0. The number of carbonyl (C=O) groups excluding carboxylic acids is 1. The molecule has 0 unspecified atom stereocenters. The van der Waals surface area contributed by atoms with Crippen LogP contribution in [0.15, 0.2) is 65.6 Å². The van der Waals surface area contributed by atoms with Crippen LogP contribution in [0.5, 0.6) is 0 Å². The van der Waals surface area contributed by atoms with Crippen molar-refractivity contribution in [3.63, 3.8) is 0 Å². The topological polar surface area (TPSA) is 66.5 Å². The van der Waals surface area contributed by atoms with Gasteiger partial charge in [-0.05, 0) is 60.7 Å². The second-order valence-corrected chi connectivity index (χ2v) is 10.8. The van der Waals surface area contributed by atoms with Gasteiger partial charge in [0.1, 0.15) is 0 Å². The van der Waals surface area contributed by atoms with Crippen molar-refractivity contribution in [3.8, 4) is 0 Å². The van der Waals surface area contributed by atoms with E-state index in [2.05, 4.69) is 5.32 Å². The number of benzene rings is 3. The second-order valence-electron chi connectivity index (χ2n) is 8.03. The van der Waals surface area contributed by atoms with Gasteiger partial charge in [-0.1, -0.05) is 79.0 Å². The number of sulfonamides is 1. The van der Waals surface area contributed by atoms with Gasteiger partial charge in [-0.2, -0.15) is 4.31 Å². The van der Waals surface area contributed by atoms with E-state index >= 15 is 0 Å². The van der Waals surface area contributed by atoms with E-state index in [1.54, 1.807) is 42.5 Å². The van der Waals surface area contributed by atoms with Crippen LogP contribution in [0.3, 0.4) is 0 Å². The molecule has 0 aliphatic heterocycles. The number of para-hydroxylation sites is 1. The monoisotopic (exact) mass is 518 g/mol. The summed E-state index contributed by atoms with van der Waals surface area (Å²) in [4.78, 5) is 13.3. The zero-order valence-corrected chi connectivity index (χ0v) is 21.8. The first-order chi connectivity index (χ1) is 16.1. The first-order valence-electron chi connectivity index (χ1n) is 11.1. The van der Waals surface area contributed by atoms with Crippen LogP contribution in [0.4, 0.5) is 5.69 Å². The maximum Gasteiger partial charge on any atom is 0.243 e. The molecular weight excluding hydrogens is 491 g/mol. The molecule has 180 valence electrons. The predicted molar refractivity (Wildman–Crippen MR) is 139 cm³/mol. The van der Waals surface area contributed by atoms with Crippen LogP contribution in [0, 0.1) is 6.92 Å². The number of nitrogens with zero attached hydrogens (tertiary/aromatic N) is 1. The Morgan fingerprint density at radius 1 is 0.912 bits per heavy atom. The fourth-order valence-electron chi connectivity index (χ4n) is 3.67. The summed E-state index contributed by atoms with van der Waals surface area (Å²) in [5.74, 6) is -0.420. The zero-order valence-electron chi connectivity index (χ0n) is 19.4. The first-order valence-corrected chi connectivity index (χ1v) is 13.3. The van der Waals surface area contributed by atoms with Gasteiger partial charge >= 0.3 is 0 Å². The molecule has 0 radical (unpaired) electrons. The van der Waals surface area contributed by atoms with Crippen molar-refractivity contribution in [1.29, 1.82) is 0 Å². The van der Waals surface area contributed by atoms with E-state index in [9.17, 15) is 13.2 Å². The average Bonchev–Trinajstić information content (AvgIpc) is 2.80. The molecule has 0 saturated carbocycles. The van der Waals surface area contributed by atoms with Crippen molar-refractivity contribution < 1.29 is 13.2 Å². The van der Waals surface area contributed by atoms with Crippen LogP contribution >= 0.6 is 23.2 Å². The Morgan fingerprint density at radius 2 is 1.53 bits per heavy atom. The molecule has 0 fully saturated rings. The molecule has 0 heterocycles. The van der Waals surface area contributed by atoms with Gasteiger partial charge < -0.3 is 5.32 Å². The minimum Gasteiger partial charge on any atom is -0.324 e. The molecule has 5 nitrogen and oxygen atoms in total. The van der Waals surface area contributed by atoms with Gasteiger partial charge in [-0.15, -0.1) is 0 Å². The van der Waals surface area contributed by atoms with Crippen LogP contribution in [0.2, 0.25) is 10.0 Å². The SMILES string of the molecule is CCc1cccc(CC)c1NC(=O)CN(Cc1ccc(Cl)cc1Cl)S(=O)(=O)c1ccc(C)cc1. The third-order valence-corrected chi connectivity index (χ3v) is 8.00. The maximum absolute atomic E-state index is 13.5. The molecule has 0 atom stereocenters.